The molecule has 0 saturated carbocycles. The molecule has 0 heterocycles. The van der Waals surface area contributed by atoms with E-state index >= 15 is 0 Å². The highest BCUT2D eigenvalue weighted by Crippen LogP contribution is 2.36. The Hall–Kier alpha value is -2.13. The fraction of sp³-hybridized carbons (Fsp3) is 0.381. The predicted octanol–water partition coefficient (Wildman–Crippen LogP) is 3.26. The van der Waals surface area contributed by atoms with Crippen LogP contribution < -0.4 is 5.32 Å². The topological polar surface area (TPSA) is 32.3 Å². The Morgan fingerprint density at radius 3 is 2.75 bits per heavy atom. The average Bonchev–Trinajstić information content (AvgIpc) is 2.97. The van der Waals surface area contributed by atoms with E-state index in [0.717, 1.165) is 32.4 Å². The number of hydrogen-bond donors (Lipinski definition) is 1. The molecule has 0 atom stereocenters. The van der Waals surface area contributed by atoms with Crippen LogP contribution in [0.5, 0.6) is 0 Å². The number of carbonyl (C=O) groups excluding carboxylic acids is 1. The van der Waals surface area contributed by atoms with Crippen LogP contribution in [0.3, 0.4) is 0 Å². The van der Waals surface area contributed by atoms with Crippen LogP contribution in [0.2, 0.25) is 0 Å². The summed E-state index contributed by atoms with van der Waals surface area (Å²) in [7, 11) is 3.79. The van der Waals surface area contributed by atoms with Crippen LogP contribution in [-0.4, -0.2) is 38.0 Å². The standard InChI is InChI=1S/C21H26N2O/c1-22-12-13-23(2)21(24)9-5-6-16-10-11-18-15-17-7-3-4-8-19(17)20(18)14-16/h3-4,7-8,10-11,14,22H,5-6,9,12-13,15H2,1-2H3. The summed E-state index contributed by atoms with van der Waals surface area (Å²) in [5.74, 6) is 0.233. The van der Waals surface area contributed by atoms with Gasteiger partial charge in [-0.05, 0) is 54.1 Å². The molecule has 1 N–H and O–H groups in total. The van der Waals surface area contributed by atoms with Crippen molar-refractivity contribution in [1.82, 2.24) is 10.2 Å². The van der Waals surface area contributed by atoms with Crippen LogP contribution in [0.25, 0.3) is 11.1 Å². The Balaban J connectivity index is 1.57. The Morgan fingerprint density at radius 2 is 1.92 bits per heavy atom. The van der Waals surface area contributed by atoms with Gasteiger partial charge in [0.25, 0.3) is 0 Å². The van der Waals surface area contributed by atoms with Crippen LogP contribution in [0.1, 0.15) is 29.5 Å². The third-order valence-electron chi connectivity index (χ3n) is 4.84. The van der Waals surface area contributed by atoms with Gasteiger partial charge in [-0.25, -0.2) is 0 Å². The summed E-state index contributed by atoms with van der Waals surface area (Å²) >= 11 is 0. The zero-order valence-electron chi connectivity index (χ0n) is 14.6. The molecule has 0 aromatic heterocycles. The molecule has 0 unspecified atom stereocenters. The molecule has 2 aromatic carbocycles. The fourth-order valence-electron chi connectivity index (χ4n) is 3.37. The highest BCUT2D eigenvalue weighted by Gasteiger charge is 2.17. The average molecular weight is 322 g/mol. The van der Waals surface area contributed by atoms with Crippen LogP contribution >= 0.6 is 0 Å². The molecular formula is C21H26N2O. The molecule has 0 aliphatic heterocycles. The predicted molar refractivity (Wildman–Crippen MR) is 99.2 cm³/mol. The van der Waals surface area contributed by atoms with Crippen molar-refractivity contribution in [3.05, 3.63) is 59.2 Å². The number of rotatable bonds is 7. The molecule has 2 aromatic rings. The second-order valence-electron chi connectivity index (χ2n) is 6.60. The minimum Gasteiger partial charge on any atom is -0.344 e. The van der Waals surface area contributed by atoms with Crippen LogP contribution in [0.15, 0.2) is 42.5 Å². The van der Waals surface area contributed by atoms with Gasteiger partial charge in [0.05, 0.1) is 0 Å². The molecule has 0 radical (unpaired) electrons. The maximum Gasteiger partial charge on any atom is 0.222 e. The molecule has 126 valence electrons. The van der Waals surface area contributed by atoms with Crippen molar-refractivity contribution in [2.24, 2.45) is 0 Å². The van der Waals surface area contributed by atoms with Gasteiger partial charge >= 0.3 is 0 Å². The monoisotopic (exact) mass is 322 g/mol. The van der Waals surface area contributed by atoms with Crippen molar-refractivity contribution >= 4 is 5.91 Å². The Labute approximate surface area is 144 Å². The van der Waals surface area contributed by atoms with E-state index in [2.05, 4.69) is 47.8 Å². The lowest BCUT2D eigenvalue weighted by atomic mass is 10.00. The number of carbonyl (C=O) groups is 1. The molecule has 1 aliphatic rings. The van der Waals surface area contributed by atoms with E-state index in [1.165, 1.54) is 27.8 Å². The number of aryl methyl sites for hydroxylation is 1. The van der Waals surface area contributed by atoms with Crippen LogP contribution in [0, 0.1) is 0 Å². The SMILES string of the molecule is CNCCN(C)C(=O)CCCc1ccc2c(c1)-c1ccccc1C2. The zero-order chi connectivity index (χ0) is 16.9. The summed E-state index contributed by atoms with van der Waals surface area (Å²) in [6, 6.07) is 15.4. The minimum atomic E-state index is 0.233. The molecule has 3 heteroatoms. The van der Waals surface area contributed by atoms with Crippen molar-refractivity contribution in [2.45, 2.75) is 25.7 Å². The number of fused-ring (bicyclic) bond motifs is 3. The van der Waals surface area contributed by atoms with Crippen molar-refractivity contribution in [1.29, 1.82) is 0 Å². The van der Waals surface area contributed by atoms with Crippen LogP contribution in [0.4, 0.5) is 0 Å². The van der Waals surface area contributed by atoms with Gasteiger partial charge in [0.15, 0.2) is 0 Å². The molecular weight excluding hydrogens is 296 g/mol. The van der Waals surface area contributed by atoms with E-state index < -0.39 is 0 Å². The Morgan fingerprint density at radius 1 is 1.12 bits per heavy atom. The number of amides is 1. The van der Waals surface area contributed by atoms with Crippen molar-refractivity contribution < 1.29 is 4.79 Å². The van der Waals surface area contributed by atoms with Gasteiger partial charge in [-0.15, -0.1) is 0 Å². The maximum absolute atomic E-state index is 12.1. The van der Waals surface area contributed by atoms with Gasteiger partial charge in [0.2, 0.25) is 5.91 Å². The number of likely N-dealkylation sites (N-methyl/N-ethyl adjacent to an activating group) is 2. The van der Waals surface area contributed by atoms with Crippen molar-refractivity contribution in [2.75, 3.05) is 27.2 Å². The summed E-state index contributed by atoms with van der Waals surface area (Å²) in [6.45, 7) is 1.61. The fourth-order valence-corrected chi connectivity index (χ4v) is 3.37. The number of hydrogen-bond acceptors (Lipinski definition) is 2. The Kier molecular flexibility index (Phi) is 5.31. The van der Waals surface area contributed by atoms with Gasteiger partial charge < -0.3 is 10.2 Å². The van der Waals surface area contributed by atoms with E-state index in [1.807, 2.05) is 19.0 Å². The minimum absolute atomic E-state index is 0.233. The second kappa shape index (κ2) is 7.63. The van der Waals surface area contributed by atoms with Gasteiger partial charge in [-0.3, -0.25) is 4.79 Å². The van der Waals surface area contributed by atoms with Crippen LogP contribution in [-0.2, 0) is 17.6 Å². The molecule has 24 heavy (non-hydrogen) atoms. The summed E-state index contributed by atoms with van der Waals surface area (Å²) in [6.07, 6.45) is 3.53. The first kappa shape index (κ1) is 16.7. The second-order valence-corrected chi connectivity index (χ2v) is 6.60. The van der Waals surface area contributed by atoms with Gasteiger partial charge in [0, 0.05) is 26.6 Å². The van der Waals surface area contributed by atoms with E-state index in [1.54, 1.807) is 0 Å². The van der Waals surface area contributed by atoms with Gasteiger partial charge in [-0.2, -0.15) is 0 Å². The molecule has 0 spiro atoms. The van der Waals surface area contributed by atoms with E-state index in [-0.39, 0.29) is 5.91 Å². The molecule has 0 fully saturated rings. The smallest absolute Gasteiger partial charge is 0.222 e. The third kappa shape index (κ3) is 3.68. The van der Waals surface area contributed by atoms with E-state index in [0.29, 0.717) is 6.42 Å². The normalized spacial score (nSPS) is 11.9. The zero-order valence-corrected chi connectivity index (χ0v) is 14.6. The van der Waals surface area contributed by atoms with Gasteiger partial charge in [0.1, 0.15) is 0 Å². The number of benzene rings is 2. The number of nitrogens with zero attached hydrogens (tertiary/aromatic N) is 1. The van der Waals surface area contributed by atoms with Gasteiger partial charge in [-0.1, -0.05) is 42.5 Å². The summed E-state index contributed by atoms with van der Waals surface area (Å²) in [5, 5.41) is 3.07. The summed E-state index contributed by atoms with van der Waals surface area (Å²) in [4.78, 5) is 13.9. The molecule has 0 saturated heterocycles. The maximum atomic E-state index is 12.1. The first-order chi connectivity index (χ1) is 11.7. The summed E-state index contributed by atoms with van der Waals surface area (Å²) in [5.41, 5.74) is 6.92. The lowest BCUT2D eigenvalue weighted by molar-refractivity contribution is -0.129. The third-order valence-corrected chi connectivity index (χ3v) is 4.84. The highest BCUT2D eigenvalue weighted by atomic mass is 16.2. The molecule has 3 nitrogen and oxygen atoms in total. The van der Waals surface area contributed by atoms with Crippen molar-refractivity contribution in [3.63, 3.8) is 0 Å². The lowest BCUT2D eigenvalue weighted by Gasteiger charge is -2.16. The van der Waals surface area contributed by atoms with E-state index in [9.17, 15) is 4.79 Å². The first-order valence-electron chi connectivity index (χ1n) is 8.77. The van der Waals surface area contributed by atoms with E-state index in [4.69, 9.17) is 0 Å². The molecule has 0 bridgehead atoms. The quantitative estimate of drug-likeness (QED) is 0.724. The molecule has 1 aliphatic carbocycles. The van der Waals surface area contributed by atoms with Crippen molar-refractivity contribution in [3.8, 4) is 11.1 Å². The molecule has 3 rings (SSSR count). The first-order valence-corrected chi connectivity index (χ1v) is 8.77. The molecule has 1 amide bonds. The highest BCUT2D eigenvalue weighted by molar-refractivity contribution is 5.77. The lowest BCUT2D eigenvalue weighted by Crippen LogP contribution is -2.32. The number of nitrogens with one attached hydrogen (secondary N) is 1. The summed E-state index contributed by atoms with van der Waals surface area (Å²) < 4.78 is 0. The largest absolute Gasteiger partial charge is 0.344 e. The Bertz CT molecular complexity index is 724.